The summed E-state index contributed by atoms with van der Waals surface area (Å²) in [6.07, 6.45) is 4.27. The molecule has 1 aliphatic heterocycles. The number of halogens is 2. The number of nitrogens with zero attached hydrogens (tertiary/aromatic N) is 2. The van der Waals surface area contributed by atoms with E-state index >= 15 is 0 Å². The highest BCUT2D eigenvalue weighted by molar-refractivity contribution is 5.85. The van der Waals surface area contributed by atoms with Crippen molar-refractivity contribution in [3.63, 3.8) is 0 Å². The third kappa shape index (κ3) is 5.55. The van der Waals surface area contributed by atoms with Crippen molar-refractivity contribution < 1.29 is 4.79 Å². The highest BCUT2D eigenvalue weighted by Gasteiger charge is 2.40. The van der Waals surface area contributed by atoms with Crippen LogP contribution in [0.5, 0.6) is 0 Å². The van der Waals surface area contributed by atoms with E-state index in [1.807, 2.05) is 0 Å². The number of rotatable bonds is 3. The van der Waals surface area contributed by atoms with Crippen LogP contribution in [0.25, 0.3) is 0 Å². The lowest BCUT2D eigenvalue weighted by atomic mass is 9.74. The van der Waals surface area contributed by atoms with Crippen LogP contribution in [0, 0.1) is 11.8 Å². The summed E-state index contributed by atoms with van der Waals surface area (Å²) in [5.74, 6) is 1.04. The second-order valence-electron chi connectivity index (χ2n) is 7.32. The summed E-state index contributed by atoms with van der Waals surface area (Å²) in [7, 11) is 0. The molecule has 0 aromatic carbocycles. The highest BCUT2D eigenvalue weighted by atomic mass is 35.5. The van der Waals surface area contributed by atoms with Gasteiger partial charge in [0, 0.05) is 38.3 Å². The first-order chi connectivity index (χ1) is 9.40. The van der Waals surface area contributed by atoms with Crippen molar-refractivity contribution >= 4 is 30.7 Å². The standard InChI is InChI=1S/C16H31N3O.2ClH/c1-13(2)12-18-8-10-19(11-9-18)15(20)14-6-4-5-7-16(14,3)17;;/h13-14H,4-12,17H2,1-3H3;2*1H. The van der Waals surface area contributed by atoms with Gasteiger partial charge in [-0.25, -0.2) is 0 Å². The van der Waals surface area contributed by atoms with Crippen molar-refractivity contribution in [1.82, 2.24) is 9.80 Å². The van der Waals surface area contributed by atoms with Gasteiger partial charge in [0.2, 0.25) is 5.91 Å². The third-order valence-electron chi connectivity index (χ3n) is 4.86. The number of amides is 1. The van der Waals surface area contributed by atoms with Crippen molar-refractivity contribution in [2.75, 3.05) is 32.7 Å². The molecule has 132 valence electrons. The molecule has 0 aromatic heterocycles. The summed E-state index contributed by atoms with van der Waals surface area (Å²) in [5.41, 5.74) is 6.06. The summed E-state index contributed by atoms with van der Waals surface area (Å²) >= 11 is 0. The highest BCUT2D eigenvalue weighted by Crippen LogP contribution is 2.33. The number of nitrogens with two attached hydrogens (primary N) is 1. The molecule has 2 N–H and O–H groups in total. The molecule has 4 nitrogen and oxygen atoms in total. The zero-order chi connectivity index (χ0) is 14.8. The molecule has 1 saturated heterocycles. The molecule has 6 heteroatoms. The van der Waals surface area contributed by atoms with Crippen molar-refractivity contribution in [1.29, 1.82) is 0 Å². The SMILES string of the molecule is CC(C)CN1CCN(C(=O)C2CCCCC2(C)N)CC1.Cl.Cl. The summed E-state index contributed by atoms with van der Waals surface area (Å²) < 4.78 is 0. The van der Waals surface area contributed by atoms with Crippen molar-refractivity contribution in [2.24, 2.45) is 17.6 Å². The van der Waals surface area contributed by atoms with E-state index in [1.165, 1.54) is 6.42 Å². The van der Waals surface area contributed by atoms with Crippen LogP contribution in [0.15, 0.2) is 0 Å². The predicted octanol–water partition coefficient (Wildman–Crippen LogP) is 2.54. The monoisotopic (exact) mass is 353 g/mol. The van der Waals surface area contributed by atoms with Gasteiger partial charge >= 0.3 is 0 Å². The Morgan fingerprint density at radius 2 is 1.77 bits per heavy atom. The van der Waals surface area contributed by atoms with E-state index < -0.39 is 0 Å². The first-order valence-electron chi connectivity index (χ1n) is 8.20. The largest absolute Gasteiger partial charge is 0.340 e. The quantitative estimate of drug-likeness (QED) is 0.847. The summed E-state index contributed by atoms with van der Waals surface area (Å²) in [6, 6.07) is 0. The van der Waals surface area contributed by atoms with E-state index in [-0.39, 0.29) is 36.3 Å². The zero-order valence-corrected chi connectivity index (χ0v) is 15.8. The molecule has 2 fully saturated rings. The Kier molecular flexibility index (Phi) is 9.30. The third-order valence-corrected chi connectivity index (χ3v) is 4.86. The zero-order valence-electron chi connectivity index (χ0n) is 14.2. The molecule has 2 unspecified atom stereocenters. The minimum absolute atomic E-state index is 0. The van der Waals surface area contributed by atoms with Gasteiger partial charge in [-0.05, 0) is 25.7 Å². The smallest absolute Gasteiger partial charge is 0.227 e. The lowest BCUT2D eigenvalue weighted by Gasteiger charge is -2.42. The van der Waals surface area contributed by atoms with Gasteiger partial charge in [-0.2, -0.15) is 0 Å². The van der Waals surface area contributed by atoms with Gasteiger partial charge in [0.15, 0.2) is 0 Å². The summed E-state index contributed by atoms with van der Waals surface area (Å²) in [6.45, 7) is 11.5. The Labute approximate surface area is 148 Å². The maximum absolute atomic E-state index is 12.7. The minimum Gasteiger partial charge on any atom is -0.340 e. The summed E-state index contributed by atoms with van der Waals surface area (Å²) in [4.78, 5) is 17.2. The van der Waals surface area contributed by atoms with Crippen LogP contribution in [-0.4, -0.2) is 54.0 Å². The van der Waals surface area contributed by atoms with Gasteiger partial charge in [-0.1, -0.05) is 26.7 Å². The Balaban J connectivity index is 0.00000220. The predicted molar refractivity (Wildman–Crippen MR) is 96.9 cm³/mol. The van der Waals surface area contributed by atoms with E-state index in [1.54, 1.807) is 0 Å². The average molecular weight is 354 g/mol. The molecule has 22 heavy (non-hydrogen) atoms. The van der Waals surface area contributed by atoms with Crippen LogP contribution in [0.2, 0.25) is 0 Å². The number of carbonyl (C=O) groups excluding carboxylic acids is 1. The summed E-state index contributed by atoms with van der Waals surface area (Å²) in [5, 5.41) is 0. The molecule has 0 bridgehead atoms. The van der Waals surface area contributed by atoms with Crippen LogP contribution < -0.4 is 5.73 Å². The maximum Gasteiger partial charge on any atom is 0.227 e. The fourth-order valence-corrected chi connectivity index (χ4v) is 3.65. The van der Waals surface area contributed by atoms with Gasteiger partial charge in [0.1, 0.15) is 0 Å². The average Bonchev–Trinajstić information content (AvgIpc) is 2.37. The molecule has 2 atom stereocenters. The van der Waals surface area contributed by atoms with Crippen LogP contribution >= 0.6 is 24.8 Å². The van der Waals surface area contributed by atoms with Crippen molar-refractivity contribution in [3.05, 3.63) is 0 Å². The topological polar surface area (TPSA) is 49.6 Å². The Morgan fingerprint density at radius 1 is 1.18 bits per heavy atom. The van der Waals surface area contributed by atoms with Crippen molar-refractivity contribution in [3.8, 4) is 0 Å². The second-order valence-corrected chi connectivity index (χ2v) is 7.32. The van der Waals surface area contributed by atoms with E-state index in [0.717, 1.165) is 52.0 Å². The van der Waals surface area contributed by atoms with Gasteiger partial charge in [-0.3, -0.25) is 9.69 Å². The fourth-order valence-electron chi connectivity index (χ4n) is 3.65. The lowest BCUT2D eigenvalue weighted by molar-refractivity contribution is -0.140. The van der Waals surface area contributed by atoms with Crippen LogP contribution in [0.3, 0.4) is 0 Å². The fraction of sp³-hybridized carbons (Fsp3) is 0.938. The molecule has 0 aromatic rings. The van der Waals surface area contributed by atoms with Crippen molar-refractivity contribution in [2.45, 2.75) is 52.0 Å². The molecule has 2 rings (SSSR count). The number of hydrogen-bond donors (Lipinski definition) is 1. The first-order valence-corrected chi connectivity index (χ1v) is 8.20. The molecular weight excluding hydrogens is 321 g/mol. The molecular formula is C16H33Cl2N3O. The Hall–Kier alpha value is -0.0300. The molecule has 1 saturated carbocycles. The van der Waals surface area contributed by atoms with E-state index in [0.29, 0.717) is 11.8 Å². The van der Waals surface area contributed by atoms with Gasteiger partial charge in [0.25, 0.3) is 0 Å². The number of piperazine rings is 1. The molecule has 1 aliphatic carbocycles. The van der Waals surface area contributed by atoms with E-state index in [2.05, 4.69) is 30.6 Å². The van der Waals surface area contributed by atoms with Gasteiger partial charge in [-0.15, -0.1) is 24.8 Å². The molecule has 0 spiro atoms. The van der Waals surface area contributed by atoms with E-state index in [4.69, 9.17) is 5.73 Å². The van der Waals surface area contributed by atoms with Crippen LogP contribution in [0.4, 0.5) is 0 Å². The first kappa shape index (κ1) is 22.0. The van der Waals surface area contributed by atoms with Gasteiger partial charge in [0.05, 0.1) is 5.92 Å². The molecule has 2 aliphatic rings. The van der Waals surface area contributed by atoms with Crippen LogP contribution in [-0.2, 0) is 4.79 Å². The second kappa shape index (κ2) is 9.31. The van der Waals surface area contributed by atoms with E-state index in [9.17, 15) is 4.79 Å². The Bertz CT molecular complexity index is 342. The normalized spacial score (nSPS) is 29.7. The Morgan fingerprint density at radius 3 is 2.27 bits per heavy atom. The van der Waals surface area contributed by atoms with Gasteiger partial charge < -0.3 is 10.6 Å². The lowest BCUT2D eigenvalue weighted by Crippen LogP contribution is -2.57. The molecule has 1 amide bonds. The maximum atomic E-state index is 12.7. The molecule has 0 radical (unpaired) electrons. The number of hydrogen-bond acceptors (Lipinski definition) is 3. The van der Waals surface area contributed by atoms with Crippen LogP contribution in [0.1, 0.15) is 46.5 Å². The number of carbonyl (C=O) groups is 1. The molecule has 1 heterocycles. The minimum atomic E-state index is -0.301.